The second kappa shape index (κ2) is 6.91. The monoisotopic (exact) mass is 426 g/mol. The number of alkyl halides is 1. The molecule has 2 aromatic heterocycles. The van der Waals surface area contributed by atoms with Gasteiger partial charge in [-0.3, -0.25) is 9.36 Å². The number of hydrogen-bond donors (Lipinski definition) is 1. The molecule has 0 amide bonds. The average molecular weight is 427 g/mol. The zero-order valence-electron chi connectivity index (χ0n) is 16.2. The molecule has 5 rings (SSSR count). The van der Waals surface area contributed by atoms with Crippen LogP contribution in [0.4, 0.5) is 0 Å². The van der Waals surface area contributed by atoms with Gasteiger partial charge in [0, 0.05) is 22.4 Å². The van der Waals surface area contributed by atoms with Crippen molar-refractivity contribution in [3.05, 3.63) is 63.4 Å². The van der Waals surface area contributed by atoms with Crippen LogP contribution in [0.25, 0.3) is 22.3 Å². The predicted octanol–water partition coefficient (Wildman–Crippen LogP) is 2.83. The number of halogens is 1. The smallest absolute Gasteiger partial charge is 0.343 e. The maximum Gasteiger partial charge on any atom is 0.343 e. The van der Waals surface area contributed by atoms with Gasteiger partial charge in [-0.15, -0.1) is 11.6 Å². The first kappa shape index (κ1) is 19.2. The highest BCUT2D eigenvalue weighted by Crippen LogP contribution is 2.42. The number of aliphatic hydroxyl groups is 1. The summed E-state index contributed by atoms with van der Waals surface area (Å²) in [6, 6.07) is 11.3. The number of pyridine rings is 2. The molecule has 2 aliphatic heterocycles. The van der Waals surface area contributed by atoms with Crippen molar-refractivity contribution in [2.45, 2.75) is 31.8 Å². The molecule has 4 heterocycles. The quantitative estimate of drug-likeness (QED) is 0.509. The summed E-state index contributed by atoms with van der Waals surface area (Å²) >= 11 is 5.84. The van der Waals surface area contributed by atoms with Crippen molar-refractivity contribution in [1.82, 2.24) is 9.55 Å². The molecule has 2 atom stereocenters. The summed E-state index contributed by atoms with van der Waals surface area (Å²) < 4.78 is 12.6. The topological polar surface area (TPSA) is 90.7 Å². The van der Waals surface area contributed by atoms with E-state index in [1.54, 1.807) is 13.0 Å². The third-order valence-electron chi connectivity index (χ3n) is 5.83. The third kappa shape index (κ3) is 2.56. The molecule has 30 heavy (non-hydrogen) atoms. The Balaban J connectivity index is 1.82. The molecule has 0 saturated heterocycles. The van der Waals surface area contributed by atoms with Crippen LogP contribution in [0.2, 0.25) is 0 Å². The number of esters is 1. The maximum absolute atomic E-state index is 13.5. The van der Waals surface area contributed by atoms with Crippen molar-refractivity contribution in [2.75, 3.05) is 12.5 Å². The Morgan fingerprint density at radius 2 is 2.13 bits per heavy atom. The minimum Gasteiger partial charge on any atom is -0.458 e. The molecule has 0 saturated carbocycles. The number of para-hydroxylation sites is 1. The van der Waals surface area contributed by atoms with Crippen molar-refractivity contribution in [3.63, 3.8) is 0 Å². The molecule has 0 spiro atoms. The minimum absolute atomic E-state index is 0.0892. The molecule has 154 valence electrons. The number of hydrogen-bond acceptors (Lipinski definition) is 6. The van der Waals surface area contributed by atoms with Crippen molar-refractivity contribution in [2.24, 2.45) is 0 Å². The Labute approximate surface area is 176 Å². The Bertz CT molecular complexity index is 1250. The molecule has 0 radical (unpaired) electrons. The summed E-state index contributed by atoms with van der Waals surface area (Å²) in [5.41, 5.74) is 0.890. The van der Waals surface area contributed by atoms with Crippen LogP contribution in [0.5, 0.6) is 0 Å². The van der Waals surface area contributed by atoms with Gasteiger partial charge in [-0.1, -0.05) is 25.1 Å². The molecule has 8 heteroatoms. The van der Waals surface area contributed by atoms with E-state index in [0.717, 1.165) is 16.5 Å². The lowest BCUT2D eigenvalue weighted by atomic mass is 9.86. The number of rotatable bonds is 4. The fraction of sp³-hybridized carbons (Fsp3) is 0.318. The standard InChI is InChI=1S/C22H19ClN2O5/c1-2-22(28)15-10-17-18-13(9-12-5-3-4-6-16(12)24-18)20(29-8-7-23)25(17)19(26)14(15)11-30-21(22)27/h3-6,9-10,20,28H,2,7-8,11H2,1H3/t20?,22-/m0/s1. The highest BCUT2D eigenvalue weighted by Gasteiger charge is 2.46. The Morgan fingerprint density at radius 1 is 1.33 bits per heavy atom. The molecule has 3 aromatic rings. The molecule has 2 aliphatic rings. The van der Waals surface area contributed by atoms with E-state index in [1.807, 2.05) is 30.3 Å². The Kier molecular flexibility index (Phi) is 4.43. The highest BCUT2D eigenvalue weighted by molar-refractivity contribution is 6.17. The molecular formula is C22H19ClN2O5. The molecule has 0 aliphatic carbocycles. The number of benzene rings is 1. The van der Waals surface area contributed by atoms with Crippen molar-refractivity contribution < 1.29 is 19.4 Å². The SMILES string of the molecule is CC[C@@]1(O)C(=O)OCc2c1cc1n(c2=O)C(OCCCl)c2cc3ccccc3nc2-1. The number of carbonyl (C=O) groups excluding carboxylic acids is 1. The number of carbonyl (C=O) groups is 1. The van der Waals surface area contributed by atoms with Gasteiger partial charge >= 0.3 is 5.97 Å². The summed E-state index contributed by atoms with van der Waals surface area (Å²) in [6.07, 6.45) is -0.609. The van der Waals surface area contributed by atoms with Crippen molar-refractivity contribution >= 4 is 28.5 Å². The van der Waals surface area contributed by atoms with Crippen LogP contribution in [0.3, 0.4) is 0 Å². The van der Waals surface area contributed by atoms with E-state index in [9.17, 15) is 14.7 Å². The number of ether oxygens (including phenoxy) is 2. The van der Waals surface area contributed by atoms with Gasteiger partial charge in [0.25, 0.3) is 5.56 Å². The van der Waals surface area contributed by atoms with E-state index < -0.39 is 17.8 Å². The maximum atomic E-state index is 13.5. The summed E-state index contributed by atoms with van der Waals surface area (Å²) in [5.74, 6) is -0.476. The van der Waals surface area contributed by atoms with Gasteiger partial charge in [0.05, 0.1) is 29.1 Å². The van der Waals surface area contributed by atoms with Gasteiger partial charge in [-0.2, -0.15) is 0 Å². The average Bonchev–Trinajstić information content (AvgIpc) is 3.06. The summed E-state index contributed by atoms with van der Waals surface area (Å²) in [5, 5.41) is 11.9. The lowest BCUT2D eigenvalue weighted by Crippen LogP contribution is -2.44. The van der Waals surface area contributed by atoms with E-state index >= 15 is 0 Å². The molecule has 0 fully saturated rings. The number of cyclic esters (lactones) is 1. The predicted molar refractivity (Wildman–Crippen MR) is 110 cm³/mol. The molecule has 1 unspecified atom stereocenters. The first-order chi connectivity index (χ1) is 14.5. The van der Waals surface area contributed by atoms with Crippen LogP contribution >= 0.6 is 11.6 Å². The van der Waals surface area contributed by atoms with Crippen LogP contribution in [0.1, 0.15) is 36.3 Å². The third-order valence-corrected chi connectivity index (χ3v) is 5.99. The first-order valence-corrected chi connectivity index (χ1v) is 10.3. The van der Waals surface area contributed by atoms with E-state index in [-0.39, 0.29) is 42.2 Å². The Hall–Kier alpha value is -2.74. The van der Waals surface area contributed by atoms with E-state index in [1.165, 1.54) is 4.57 Å². The van der Waals surface area contributed by atoms with Crippen LogP contribution in [-0.4, -0.2) is 33.1 Å². The van der Waals surface area contributed by atoms with Crippen LogP contribution in [0.15, 0.2) is 41.2 Å². The molecule has 0 bridgehead atoms. The number of aromatic nitrogens is 2. The van der Waals surface area contributed by atoms with Gasteiger partial charge in [-0.25, -0.2) is 9.78 Å². The molecule has 1 N–H and O–H groups in total. The fourth-order valence-corrected chi connectivity index (χ4v) is 4.36. The zero-order valence-corrected chi connectivity index (χ0v) is 17.0. The van der Waals surface area contributed by atoms with Crippen molar-refractivity contribution in [1.29, 1.82) is 0 Å². The lowest BCUT2D eigenvalue weighted by molar-refractivity contribution is -0.172. The highest BCUT2D eigenvalue weighted by atomic mass is 35.5. The largest absolute Gasteiger partial charge is 0.458 e. The second-order valence-corrected chi connectivity index (χ2v) is 7.80. The number of nitrogens with zero attached hydrogens (tertiary/aromatic N) is 2. The van der Waals surface area contributed by atoms with Crippen LogP contribution in [-0.2, 0) is 26.5 Å². The van der Waals surface area contributed by atoms with Crippen LogP contribution < -0.4 is 5.56 Å². The summed E-state index contributed by atoms with van der Waals surface area (Å²) in [4.78, 5) is 30.5. The van der Waals surface area contributed by atoms with E-state index in [0.29, 0.717) is 11.4 Å². The second-order valence-electron chi connectivity index (χ2n) is 7.42. The first-order valence-electron chi connectivity index (χ1n) is 9.75. The van der Waals surface area contributed by atoms with E-state index in [4.69, 9.17) is 26.1 Å². The summed E-state index contributed by atoms with van der Waals surface area (Å²) in [6.45, 7) is 1.73. The molecule has 1 aromatic carbocycles. The van der Waals surface area contributed by atoms with Gasteiger partial charge in [0.1, 0.15) is 6.61 Å². The molecular weight excluding hydrogens is 408 g/mol. The molecule has 7 nitrogen and oxygen atoms in total. The fourth-order valence-electron chi connectivity index (χ4n) is 4.27. The van der Waals surface area contributed by atoms with Gasteiger partial charge in [0.15, 0.2) is 11.8 Å². The minimum atomic E-state index is -1.87. The van der Waals surface area contributed by atoms with Gasteiger partial charge < -0.3 is 14.6 Å². The lowest BCUT2D eigenvalue weighted by Gasteiger charge is -2.32. The summed E-state index contributed by atoms with van der Waals surface area (Å²) in [7, 11) is 0. The van der Waals surface area contributed by atoms with E-state index in [2.05, 4.69) is 0 Å². The zero-order chi connectivity index (χ0) is 21.0. The van der Waals surface area contributed by atoms with Crippen molar-refractivity contribution in [3.8, 4) is 11.4 Å². The van der Waals surface area contributed by atoms with Crippen LogP contribution in [0, 0.1) is 0 Å². The van der Waals surface area contributed by atoms with Gasteiger partial charge in [-0.05, 0) is 24.6 Å². The van der Waals surface area contributed by atoms with Gasteiger partial charge in [0.2, 0.25) is 0 Å². The Morgan fingerprint density at radius 3 is 2.90 bits per heavy atom. The normalized spacial score (nSPS) is 21.8. The number of fused-ring (bicyclic) bond motifs is 5.